The van der Waals surface area contributed by atoms with Crippen molar-refractivity contribution in [2.24, 2.45) is 29.1 Å². The molecule has 3 aliphatic carbocycles. The van der Waals surface area contributed by atoms with Gasteiger partial charge in [0.2, 0.25) is 5.56 Å². The number of para-hydroxylation sites is 2. The fourth-order valence-corrected chi connectivity index (χ4v) is 9.18. The number of nitrogens with one attached hydrogen (secondary N) is 1. The van der Waals surface area contributed by atoms with Gasteiger partial charge in [-0.2, -0.15) is 0 Å². The third-order valence-electron chi connectivity index (χ3n) is 11.5. The number of fused-ring (bicyclic) bond motifs is 5. The van der Waals surface area contributed by atoms with Crippen LogP contribution in [0.4, 0.5) is 0 Å². The molecule has 7 atom stereocenters. The van der Waals surface area contributed by atoms with E-state index in [1.165, 1.54) is 51.1 Å². The van der Waals surface area contributed by atoms with Crippen LogP contribution in [0.2, 0.25) is 0 Å². The highest BCUT2D eigenvalue weighted by Gasteiger charge is 2.54. The van der Waals surface area contributed by atoms with Crippen molar-refractivity contribution in [1.82, 2.24) is 19.4 Å². The van der Waals surface area contributed by atoms with Crippen LogP contribution in [0.25, 0.3) is 22.4 Å². The zero-order valence-electron chi connectivity index (χ0n) is 23.6. The molecule has 2 aliphatic heterocycles. The minimum Gasteiger partial charge on any atom is -0.320 e. The quantitative estimate of drug-likeness (QED) is 0.441. The van der Waals surface area contributed by atoms with Gasteiger partial charge in [-0.05, 0) is 105 Å². The van der Waals surface area contributed by atoms with E-state index in [4.69, 9.17) is 4.98 Å². The Hall–Kier alpha value is -2.73. The molecule has 0 unspecified atom stereocenters. The topological polar surface area (TPSA) is 71.0 Å². The summed E-state index contributed by atoms with van der Waals surface area (Å²) in [5.74, 6) is 3.38. The maximum Gasteiger partial charge on any atom is 0.279 e. The van der Waals surface area contributed by atoms with Crippen LogP contribution in [0.15, 0.2) is 52.1 Å². The third-order valence-corrected chi connectivity index (χ3v) is 11.5. The Morgan fingerprint density at radius 3 is 2.59 bits per heavy atom. The van der Waals surface area contributed by atoms with E-state index in [9.17, 15) is 9.59 Å². The second-order valence-electron chi connectivity index (χ2n) is 13.7. The summed E-state index contributed by atoms with van der Waals surface area (Å²) >= 11 is 0. The van der Waals surface area contributed by atoms with E-state index < -0.39 is 0 Å². The Morgan fingerprint density at radius 1 is 0.949 bits per heavy atom. The number of aromatic amines is 1. The molecule has 0 spiro atoms. The van der Waals surface area contributed by atoms with Crippen LogP contribution in [-0.4, -0.2) is 38.1 Å². The van der Waals surface area contributed by atoms with Gasteiger partial charge in [0.05, 0.1) is 16.7 Å². The van der Waals surface area contributed by atoms with Crippen molar-refractivity contribution in [3.63, 3.8) is 0 Å². The second kappa shape index (κ2) is 9.43. The largest absolute Gasteiger partial charge is 0.320 e. The molecule has 3 saturated carbocycles. The van der Waals surface area contributed by atoms with Crippen LogP contribution < -0.4 is 11.1 Å². The predicted molar refractivity (Wildman–Crippen MR) is 156 cm³/mol. The normalized spacial score (nSPS) is 33.6. The number of benzene rings is 1. The molecule has 6 nitrogen and oxygen atoms in total. The average molecular weight is 527 g/mol. The second-order valence-corrected chi connectivity index (χ2v) is 13.7. The number of aromatic nitrogens is 3. The number of H-pyrrole nitrogens is 1. The number of piperidine rings is 2. The monoisotopic (exact) mass is 526 g/mol. The van der Waals surface area contributed by atoms with Gasteiger partial charge in [0.25, 0.3) is 5.56 Å². The Bertz CT molecular complexity index is 1500. The highest BCUT2D eigenvalue weighted by atomic mass is 16.1. The highest BCUT2D eigenvalue weighted by molar-refractivity contribution is 5.77. The van der Waals surface area contributed by atoms with Crippen molar-refractivity contribution in [2.75, 3.05) is 6.54 Å². The average Bonchev–Trinajstić information content (AvgIpc) is 2.93. The minimum absolute atomic E-state index is 0.0938. The lowest BCUT2D eigenvalue weighted by atomic mass is 9.45. The van der Waals surface area contributed by atoms with Crippen molar-refractivity contribution in [3.05, 3.63) is 63.2 Å². The van der Waals surface area contributed by atoms with Gasteiger partial charge in [0, 0.05) is 24.2 Å². The molecule has 5 fully saturated rings. The Labute approximate surface area is 230 Å². The fraction of sp³-hybridized carbons (Fsp3) is 0.606. The van der Waals surface area contributed by atoms with Gasteiger partial charge in [0.1, 0.15) is 0 Å². The minimum atomic E-state index is -0.219. The van der Waals surface area contributed by atoms with E-state index in [1.807, 2.05) is 28.8 Å². The molecule has 1 N–H and O–H groups in total. The van der Waals surface area contributed by atoms with Gasteiger partial charge in [-0.15, -0.1) is 0 Å². The van der Waals surface area contributed by atoms with Crippen LogP contribution in [0.3, 0.4) is 0 Å². The first kappa shape index (κ1) is 25.3. The van der Waals surface area contributed by atoms with Crippen LogP contribution in [0, 0.1) is 29.1 Å². The van der Waals surface area contributed by atoms with E-state index in [0.29, 0.717) is 34.8 Å². The molecule has 8 rings (SSSR count). The molecule has 4 heterocycles. The lowest BCUT2D eigenvalue weighted by Gasteiger charge is -2.61. The van der Waals surface area contributed by atoms with E-state index in [2.05, 4.69) is 30.7 Å². The SMILES string of the molecule is C[C@H]1CC[C@@H]2C[C@H](n3c(=O)c(-c4cccc(=O)[nH]4)nc4ccccc43)C[C@H]1N2CC[C@@H]1CC[C@H]2C[C@@H]1C2(C)C. The molecule has 0 amide bonds. The Morgan fingerprint density at radius 2 is 1.79 bits per heavy atom. The predicted octanol–water partition coefficient (Wildman–Crippen LogP) is 6.02. The summed E-state index contributed by atoms with van der Waals surface area (Å²) in [5.41, 5.74) is 2.77. The molecule has 3 aromatic rings. The molecule has 2 aromatic heterocycles. The van der Waals surface area contributed by atoms with Gasteiger partial charge in [-0.1, -0.05) is 39.0 Å². The Kier molecular flexibility index (Phi) is 6.11. The Balaban J connectivity index is 1.20. The number of rotatable bonds is 5. The zero-order chi connectivity index (χ0) is 26.9. The molecular weight excluding hydrogens is 484 g/mol. The molecule has 4 bridgehead atoms. The van der Waals surface area contributed by atoms with Gasteiger partial charge < -0.3 is 9.55 Å². The van der Waals surface area contributed by atoms with Crippen molar-refractivity contribution in [3.8, 4) is 11.4 Å². The van der Waals surface area contributed by atoms with E-state index >= 15 is 0 Å². The molecule has 2 saturated heterocycles. The van der Waals surface area contributed by atoms with Gasteiger partial charge in [0.15, 0.2) is 5.69 Å². The summed E-state index contributed by atoms with van der Waals surface area (Å²) in [6.07, 6.45) is 10.1. The first-order valence-corrected chi connectivity index (χ1v) is 15.3. The van der Waals surface area contributed by atoms with E-state index in [-0.39, 0.29) is 17.2 Å². The molecule has 39 heavy (non-hydrogen) atoms. The van der Waals surface area contributed by atoms with Crippen LogP contribution in [0.5, 0.6) is 0 Å². The van der Waals surface area contributed by atoms with Crippen LogP contribution in [0.1, 0.15) is 78.2 Å². The number of hydrogen-bond donors (Lipinski definition) is 1. The maximum atomic E-state index is 14.1. The van der Waals surface area contributed by atoms with Gasteiger partial charge in [-0.3, -0.25) is 14.5 Å². The van der Waals surface area contributed by atoms with Crippen molar-refractivity contribution >= 4 is 11.0 Å². The van der Waals surface area contributed by atoms with E-state index in [1.54, 1.807) is 12.1 Å². The van der Waals surface area contributed by atoms with Crippen LogP contribution in [-0.2, 0) is 0 Å². The van der Waals surface area contributed by atoms with Crippen molar-refractivity contribution in [2.45, 2.75) is 90.3 Å². The lowest BCUT2D eigenvalue weighted by Crippen LogP contribution is -2.57. The first-order chi connectivity index (χ1) is 18.8. The number of nitrogens with zero attached hydrogens (tertiary/aromatic N) is 3. The summed E-state index contributed by atoms with van der Waals surface area (Å²) in [7, 11) is 0. The summed E-state index contributed by atoms with van der Waals surface area (Å²) in [6.45, 7) is 8.65. The summed E-state index contributed by atoms with van der Waals surface area (Å²) in [6, 6.07) is 14.1. The third kappa shape index (κ3) is 4.13. The first-order valence-electron chi connectivity index (χ1n) is 15.3. The lowest BCUT2D eigenvalue weighted by molar-refractivity contribution is -0.112. The van der Waals surface area contributed by atoms with E-state index in [0.717, 1.165) is 41.6 Å². The highest BCUT2D eigenvalue weighted by Crippen LogP contribution is 2.62. The molecule has 0 radical (unpaired) electrons. The molecular formula is C33H42N4O2. The molecule has 5 aliphatic rings. The summed E-state index contributed by atoms with van der Waals surface area (Å²) < 4.78 is 2.02. The van der Waals surface area contributed by atoms with Crippen LogP contribution >= 0.6 is 0 Å². The zero-order valence-corrected chi connectivity index (χ0v) is 23.6. The van der Waals surface area contributed by atoms with Crippen molar-refractivity contribution in [1.29, 1.82) is 0 Å². The smallest absolute Gasteiger partial charge is 0.279 e. The maximum absolute atomic E-state index is 14.1. The molecule has 1 aromatic carbocycles. The fourth-order valence-electron chi connectivity index (χ4n) is 9.18. The molecule has 6 heteroatoms. The summed E-state index contributed by atoms with van der Waals surface area (Å²) in [5, 5.41) is 0. The molecule has 206 valence electrons. The van der Waals surface area contributed by atoms with Crippen molar-refractivity contribution < 1.29 is 0 Å². The standard InChI is InChI=1S/C33H42N4O2/c1-20-11-14-23-18-24(19-29(20)36(23)16-15-21-12-13-22-17-25(21)33(22,2)3)37-28-9-5-4-7-26(28)35-31(32(37)39)27-8-6-10-30(38)34-27/h4-10,20-25,29H,11-19H2,1-3H3,(H,34,38)/t20-,21-,22-,23+,24-,25-,29+/m0/s1. The summed E-state index contributed by atoms with van der Waals surface area (Å²) in [4.78, 5) is 36.6. The van der Waals surface area contributed by atoms with Gasteiger partial charge in [-0.25, -0.2) is 4.98 Å². The number of pyridine rings is 1. The van der Waals surface area contributed by atoms with Gasteiger partial charge >= 0.3 is 0 Å². The number of hydrogen-bond acceptors (Lipinski definition) is 4.